The van der Waals surface area contributed by atoms with Gasteiger partial charge in [-0.2, -0.15) is 0 Å². The summed E-state index contributed by atoms with van der Waals surface area (Å²) < 4.78 is 5.75. The average Bonchev–Trinajstić information content (AvgIpc) is 2.60. The number of rotatable bonds is 8. The molecule has 1 N–H and O–H groups in total. The van der Waals surface area contributed by atoms with E-state index in [1.54, 1.807) is 0 Å². The van der Waals surface area contributed by atoms with E-state index in [1.807, 2.05) is 13.0 Å². The highest BCUT2D eigenvalue weighted by Gasteiger charge is 2.08. The van der Waals surface area contributed by atoms with Crippen LogP contribution in [0.3, 0.4) is 0 Å². The molecule has 0 bridgehead atoms. The lowest BCUT2D eigenvalue weighted by atomic mass is 10.2. The molecule has 0 unspecified atom stereocenters. The minimum atomic E-state index is 0.834. The van der Waals surface area contributed by atoms with E-state index < -0.39 is 0 Å². The summed E-state index contributed by atoms with van der Waals surface area (Å²) in [5.74, 6) is 2.05. The summed E-state index contributed by atoms with van der Waals surface area (Å²) in [6, 6.07) is 2.15. The summed E-state index contributed by atoms with van der Waals surface area (Å²) in [5.41, 5.74) is 1.26. The summed E-state index contributed by atoms with van der Waals surface area (Å²) in [5, 5.41) is 3.39. The Morgan fingerprint density at radius 3 is 2.94 bits per heavy atom. The lowest BCUT2D eigenvalue weighted by Gasteiger charge is -2.11. The molecule has 96 valence electrons. The van der Waals surface area contributed by atoms with Crippen LogP contribution in [0.4, 0.5) is 0 Å². The molecule has 0 saturated heterocycles. The molecule has 0 fully saturated rings. The topological polar surface area (TPSA) is 28.4 Å². The van der Waals surface area contributed by atoms with Crippen molar-refractivity contribution in [1.82, 2.24) is 10.2 Å². The van der Waals surface area contributed by atoms with Crippen LogP contribution in [0.15, 0.2) is 23.1 Å². The van der Waals surface area contributed by atoms with E-state index in [2.05, 4.69) is 36.8 Å². The van der Waals surface area contributed by atoms with Crippen LogP contribution in [0, 0.1) is 6.92 Å². The van der Waals surface area contributed by atoms with Gasteiger partial charge < -0.3 is 9.73 Å². The fraction of sp³-hybridized carbons (Fsp3) is 0.571. The zero-order valence-corrected chi connectivity index (χ0v) is 11.3. The second-order valence-electron chi connectivity index (χ2n) is 4.46. The summed E-state index contributed by atoms with van der Waals surface area (Å²) >= 11 is 0. The molecule has 0 aliphatic carbocycles. The maximum Gasteiger partial charge on any atom is 0.118 e. The lowest BCUT2D eigenvalue weighted by Crippen LogP contribution is -2.17. The highest BCUT2D eigenvalue weighted by molar-refractivity contribution is 5.20. The maximum atomic E-state index is 5.75. The average molecular weight is 236 g/mol. The van der Waals surface area contributed by atoms with Gasteiger partial charge in [-0.05, 0) is 33.0 Å². The van der Waals surface area contributed by atoms with Gasteiger partial charge in [0.2, 0.25) is 0 Å². The smallest absolute Gasteiger partial charge is 0.118 e. The van der Waals surface area contributed by atoms with Gasteiger partial charge in [-0.15, -0.1) is 6.58 Å². The second-order valence-corrected chi connectivity index (χ2v) is 4.46. The molecule has 0 aliphatic rings. The van der Waals surface area contributed by atoms with Gasteiger partial charge in [0.25, 0.3) is 0 Å². The quantitative estimate of drug-likeness (QED) is 0.555. The molecular weight excluding hydrogens is 212 g/mol. The highest BCUT2D eigenvalue weighted by Crippen LogP contribution is 2.15. The Bertz CT molecular complexity index is 344. The molecular formula is C14H24N2O. The van der Waals surface area contributed by atoms with Crippen molar-refractivity contribution in [3.8, 4) is 0 Å². The fourth-order valence-electron chi connectivity index (χ4n) is 1.79. The minimum absolute atomic E-state index is 0.834. The molecule has 17 heavy (non-hydrogen) atoms. The Kier molecular flexibility index (Phi) is 6.01. The van der Waals surface area contributed by atoms with Gasteiger partial charge in [-0.1, -0.05) is 13.0 Å². The first kappa shape index (κ1) is 14.0. The lowest BCUT2D eigenvalue weighted by molar-refractivity contribution is 0.319. The first-order chi connectivity index (χ1) is 8.17. The third kappa shape index (κ3) is 4.75. The molecule has 0 aromatic carbocycles. The summed E-state index contributed by atoms with van der Waals surface area (Å²) in [4.78, 5) is 2.18. The molecule has 3 heteroatoms. The predicted molar refractivity (Wildman–Crippen MR) is 72.0 cm³/mol. The van der Waals surface area contributed by atoms with E-state index in [-0.39, 0.29) is 0 Å². The molecule has 0 atom stereocenters. The Hall–Kier alpha value is -1.06. The molecule has 0 amide bonds. The SMILES string of the molecule is C=CCN(C)Cc1cc(CNCCC)c(C)o1. The van der Waals surface area contributed by atoms with Crippen LogP contribution in [0.25, 0.3) is 0 Å². The molecule has 1 aromatic heterocycles. The third-order valence-electron chi connectivity index (χ3n) is 2.68. The molecule has 1 heterocycles. The van der Waals surface area contributed by atoms with Gasteiger partial charge in [0.05, 0.1) is 6.54 Å². The first-order valence-electron chi connectivity index (χ1n) is 6.25. The van der Waals surface area contributed by atoms with Gasteiger partial charge in [0.15, 0.2) is 0 Å². The van der Waals surface area contributed by atoms with E-state index in [0.29, 0.717) is 0 Å². The Balaban J connectivity index is 2.51. The van der Waals surface area contributed by atoms with E-state index in [0.717, 1.165) is 44.1 Å². The zero-order valence-electron chi connectivity index (χ0n) is 11.3. The van der Waals surface area contributed by atoms with Crippen molar-refractivity contribution in [2.24, 2.45) is 0 Å². The van der Waals surface area contributed by atoms with Gasteiger partial charge >= 0.3 is 0 Å². The molecule has 0 aliphatic heterocycles. The fourth-order valence-corrected chi connectivity index (χ4v) is 1.79. The molecule has 3 nitrogen and oxygen atoms in total. The van der Waals surface area contributed by atoms with Crippen molar-refractivity contribution in [1.29, 1.82) is 0 Å². The van der Waals surface area contributed by atoms with Crippen LogP contribution in [-0.2, 0) is 13.1 Å². The van der Waals surface area contributed by atoms with Crippen molar-refractivity contribution in [3.63, 3.8) is 0 Å². The van der Waals surface area contributed by atoms with Crippen molar-refractivity contribution >= 4 is 0 Å². The van der Waals surface area contributed by atoms with E-state index in [4.69, 9.17) is 4.42 Å². The highest BCUT2D eigenvalue weighted by atomic mass is 16.3. The van der Waals surface area contributed by atoms with Crippen molar-refractivity contribution in [3.05, 3.63) is 35.8 Å². The molecule has 1 rings (SSSR count). The molecule has 0 saturated carbocycles. The maximum absolute atomic E-state index is 5.75. The van der Waals surface area contributed by atoms with Gasteiger partial charge in [0.1, 0.15) is 11.5 Å². The summed E-state index contributed by atoms with van der Waals surface area (Å²) in [6.45, 7) is 11.6. The number of nitrogens with one attached hydrogen (secondary N) is 1. The molecule has 0 spiro atoms. The minimum Gasteiger partial charge on any atom is -0.465 e. The molecule has 0 radical (unpaired) electrons. The monoisotopic (exact) mass is 236 g/mol. The van der Waals surface area contributed by atoms with Crippen molar-refractivity contribution in [2.45, 2.75) is 33.4 Å². The third-order valence-corrected chi connectivity index (χ3v) is 2.68. The number of aryl methyl sites for hydroxylation is 1. The van der Waals surface area contributed by atoms with Crippen LogP contribution >= 0.6 is 0 Å². The van der Waals surface area contributed by atoms with E-state index in [9.17, 15) is 0 Å². The van der Waals surface area contributed by atoms with Crippen LogP contribution in [0.5, 0.6) is 0 Å². The number of hydrogen-bond acceptors (Lipinski definition) is 3. The van der Waals surface area contributed by atoms with Crippen LogP contribution in [0.1, 0.15) is 30.4 Å². The summed E-state index contributed by atoms with van der Waals surface area (Å²) in [7, 11) is 2.06. The predicted octanol–water partition coefficient (Wildman–Crippen LogP) is 2.71. The van der Waals surface area contributed by atoms with Crippen LogP contribution in [-0.4, -0.2) is 25.0 Å². The number of likely N-dealkylation sites (N-methyl/N-ethyl adjacent to an activating group) is 1. The largest absolute Gasteiger partial charge is 0.465 e. The zero-order chi connectivity index (χ0) is 12.7. The molecule has 1 aromatic rings. The summed E-state index contributed by atoms with van der Waals surface area (Å²) in [6.07, 6.45) is 3.06. The van der Waals surface area contributed by atoms with Gasteiger partial charge in [-0.25, -0.2) is 0 Å². The Morgan fingerprint density at radius 2 is 2.29 bits per heavy atom. The van der Waals surface area contributed by atoms with Crippen LogP contribution in [0.2, 0.25) is 0 Å². The van der Waals surface area contributed by atoms with Gasteiger partial charge in [0, 0.05) is 18.7 Å². The number of nitrogens with zero attached hydrogens (tertiary/aromatic N) is 1. The van der Waals surface area contributed by atoms with E-state index >= 15 is 0 Å². The van der Waals surface area contributed by atoms with Gasteiger partial charge in [-0.3, -0.25) is 4.90 Å². The van der Waals surface area contributed by atoms with Crippen molar-refractivity contribution in [2.75, 3.05) is 20.1 Å². The number of hydrogen-bond donors (Lipinski definition) is 1. The first-order valence-corrected chi connectivity index (χ1v) is 6.25. The van der Waals surface area contributed by atoms with Crippen LogP contribution < -0.4 is 5.32 Å². The second kappa shape index (κ2) is 7.30. The van der Waals surface area contributed by atoms with E-state index in [1.165, 1.54) is 5.56 Å². The Labute approximate surface area is 104 Å². The van der Waals surface area contributed by atoms with Crippen molar-refractivity contribution < 1.29 is 4.42 Å². The normalized spacial score (nSPS) is 11.1. The Morgan fingerprint density at radius 1 is 1.53 bits per heavy atom. The standard InChI is InChI=1S/C14H24N2O/c1-5-7-15-10-13-9-14(17-12(13)3)11-16(4)8-6-2/h6,9,15H,2,5,7-8,10-11H2,1,3-4H3. The number of furan rings is 1.